The quantitative estimate of drug-likeness (QED) is 0.466. The third-order valence-electron chi connectivity index (χ3n) is 5.95. The molecule has 0 atom stereocenters. The van der Waals surface area contributed by atoms with Crippen LogP contribution in [0.15, 0.2) is 48.9 Å². The Morgan fingerprint density at radius 1 is 1.12 bits per heavy atom. The highest BCUT2D eigenvalue weighted by molar-refractivity contribution is 5.92. The smallest absolute Gasteiger partial charge is 0.406 e. The standard InChI is InChI=1S/C22H19F4N5O2/c1-12(23)21(32)30-10-14(11-30)19-18-17(13-8-27-9-13)6-7-28-20(18)31(29-19)15-2-4-16(5-3-15)33-22(24,25)26/h2-7,13-14,27H,1,8-11H2. The number of benzene rings is 1. The van der Waals surface area contributed by atoms with E-state index in [0.717, 1.165) is 29.7 Å². The van der Waals surface area contributed by atoms with Gasteiger partial charge in [0.25, 0.3) is 5.91 Å². The first-order chi connectivity index (χ1) is 15.7. The summed E-state index contributed by atoms with van der Waals surface area (Å²) in [5.41, 5.74) is 2.88. The summed E-state index contributed by atoms with van der Waals surface area (Å²) in [6, 6.07) is 7.31. The minimum Gasteiger partial charge on any atom is -0.406 e. The number of nitrogens with one attached hydrogen (secondary N) is 1. The molecular formula is C22H19F4N5O2. The average Bonchev–Trinajstić information content (AvgIpc) is 3.05. The number of rotatable bonds is 5. The van der Waals surface area contributed by atoms with Crippen molar-refractivity contribution in [2.45, 2.75) is 18.2 Å². The Balaban J connectivity index is 1.54. The lowest BCUT2D eigenvalue weighted by Crippen LogP contribution is -2.48. The minimum atomic E-state index is -4.78. The SMILES string of the molecule is C=C(F)C(=O)N1CC(c2nn(-c3ccc(OC(F)(F)F)cc3)c3nccc(C4CNC4)c23)C1. The lowest BCUT2D eigenvalue weighted by Gasteiger charge is -2.38. The molecule has 11 heteroatoms. The van der Waals surface area contributed by atoms with E-state index in [4.69, 9.17) is 5.10 Å². The molecule has 33 heavy (non-hydrogen) atoms. The summed E-state index contributed by atoms with van der Waals surface area (Å²) in [7, 11) is 0. The third-order valence-corrected chi connectivity index (χ3v) is 5.95. The van der Waals surface area contributed by atoms with Crippen molar-refractivity contribution in [1.29, 1.82) is 0 Å². The van der Waals surface area contributed by atoms with Gasteiger partial charge in [-0.25, -0.2) is 14.1 Å². The van der Waals surface area contributed by atoms with Gasteiger partial charge in [0.1, 0.15) is 5.75 Å². The number of halogens is 4. The van der Waals surface area contributed by atoms with Gasteiger partial charge in [-0.2, -0.15) is 5.10 Å². The van der Waals surface area contributed by atoms with Gasteiger partial charge in [0, 0.05) is 49.6 Å². The van der Waals surface area contributed by atoms with Gasteiger partial charge < -0.3 is 15.0 Å². The highest BCUT2D eigenvalue weighted by atomic mass is 19.4. The van der Waals surface area contributed by atoms with Crippen LogP contribution in [0.1, 0.15) is 23.1 Å². The highest BCUT2D eigenvalue weighted by Crippen LogP contribution is 2.37. The van der Waals surface area contributed by atoms with Gasteiger partial charge in [0.05, 0.1) is 11.4 Å². The monoisotopic (exact) mass is 461 g/mol. The van der Waals surface area contributed by atoms with Gasteiger partial charge in [-0.05, 0) is 35.9 Å². The van der Waals surface area contributed by atoms with Gasteiger partial charge in [-0.15, -0.1) is 13.2 Å². The molecule has 3 aromatic rings. The predicted octanol–water partition coefficient (Wildman–Crippen LogP) is 3.41. The van der Waals surface area contributed by atoms with Crippen LogP contribution in [0.3, 0.4) is 0 Å². The molecule has 172 valence electrons. The first-order valence-electron chi connectivity index (χ1n) is 10.3. The van der Waals surface area contributed by atoms with E-state index in [1.54, 1.807) is 10.9 Å². The normalized spacial score (nSPS) is 17.0. The van der Waals surface area contributed by atoms with Crippen molar-refractivity contribution in [3.8, 4) is 11.4 Å². The number of hydrogen-bond acceptors (Lipinski definition) is 5. The van der Waals surface area contributed by atoms with Crippen LogP contribution in [0.2, 0.25) is 0 Å². The molecule has 0 radical (unpaired) electrons. The van der Waals surface area contributed by atoms with Gasteiger partial charge in [0.15, 0.2) is 11.5 Å². The Morgan fingerprint density at radius 2 is 1.82 bits per heavy atom. The molecular weight excluding hydrogens is 442 g/mol. The lowest BCUT2D eigenvalue weighted by atomic mass is 9.87. The largest absolute Gasteiger partial charge is 0.573 e. The fourth-order valence-electron chi connectivity index (χ4n) is 4.19. The Morgan fingerprint density at radius 3 is 2.39 bits per heavy atom. The number of carbonyl (C=O) groups excluding carboxylic acids is 1. The van der Waals surface area contributed by atoms with Gasteiger partial charge in [0.2, 0.25) is 0 Å². The first-order valence-corrected chi connectivity index (χ1v) is 10.3. The second-order valence-electron chi connectivity index (χ2n) is 8.10. The fraction of sp³-hybridized carbons (Fsp3) is 0.318. The summed E-state index contributed by atoms with van der Waals surface area (Å²) in [6.07, 6.45) is -3.10. The number of nitrogens with zero attached hydrogens (tertiary/aromatic N) is 4. The van der Waals surface area contributed by atoms with Crippen LogP contribution in [0.5, 0.6) is 5.75 Å². The van der Waals surface area contributed by atoms with Gasteiger partial charge in [-0.1, -0.05) is 6.58 Å². The molecule has 4 heterocycles. The van der Waals surface area contributed by atoms with Crippen molar-refractivity contribution < 1.29 is 27.1 Å². The summed E-state index contributed by atoms with van der Waals surface area (Å²) >= 11 is 0. The van der Waals surface area contributed by atoms with Crippen LogP contribution >= 0.6 is 0 Å². The van der Waals surface area contributed by atoms with E-state index in [9.17, 15) is 22.4 Å². The van der Waals surface area contributed by atoms with E-state index in [-0.39, 0.29) is 17.6 Å². The van der Waals surface area contributed by atoms with Gasteiger partial charge in [-0.3, -0.25) is 4.79 Å². The fourth-order valence-corrected chi connectivity index (χ4v) is 4.19. The summed E-state index contributed by atoms with van der Waals surface area (Å²) in [5, 5.41) is 8.84. The molecule has 2 fully saturated rings. The zero-order valence-electron chi connectivity index (χ0n) is 17.3. The van der Waals surface area contributed by atoms with E-state index in [2.05, 4.69) is 21.6 Å². The summed E-state index contributed by atoms with van der Waals surface area (Å²) in [4.78, 5) is 17.7. The number of ether oxygens (including phenoxy) is 1. The minimum absolute atomic E-state index is 0.124. The van der Waals surface area contributed by atoms with E-state index < -0.39 is 18.1 Å². The molecule has 1 N–H and O–H groups in total. The summed E-state index contributed by atoms with van der Waals surface area (Å²) in [5.74, 6) is -1.93. The van der Waals surface area contributed by atoms with Crippen molar-refractivity contribution in [1.82, 2.24) is 25.0 Å². The zero-order valence-corrected chi connectivity index (χ0v) is 17.3. The maximum Gasteiger partial charge on any atom is 0.573 e. The van der Waals surface area contributed by atoms with E-state index in [0.29, 0.717) is 24.4 Å². The van der Waals surface area contributed by atoms with Crippen LogP contribution in [-0.2, 0) is 4.79 Å². The number of amides is 1. The number of carbonyl (C=O) groups is 1. The van der Waals surface area contributed by atoms with Crippen LogP contribution < -0.4 is 10.1 Å². The molecule has 0 spiro atoms. The molecule has 0 saturated carbocycles. The molecule has 0 aliphatic carbocycles. The number of aromatic nitrogens is 3. The van der Waals surface area contributed by atoms with E-state index in [1.165, 1.54) is 29.2 Å². The average molecular weight is 461 g/mol. The molecule has 2 aromatic heterocycles. The molecule has 0 unspecified atom stereocenters. The molecule has 2 aliphatic heterocycles. The maximum absolute atomic E-state index is 13.2. The Hall–Kier alpha value is -3.47. The second kappa shape index (κ2) is 7.84. The van der Waals surface area contributed by atoms with E-state index >= 15 is 0 Å². The summed E-state index contributed by atoms with van der Waals surface area (Å²) < 4.78 is 56.2. The Kier molecular flexibility index (Phi) is 5.08. The molecule has 1 aromatic carbocycles. The molecule has 5 rings (SSSR count). The topological polar surface area (TPSA) is 72.3 Å². The van der Waals surface area contributed by atoms with Crippen LogP contribution in [0.25, 0.3) is 16.7 Å². The Bertz CT molecular complexity index is 1230. The highest BCUT2D eigenvalue weighted by Gasteiger charge is 2.37. The van der Waals surface area contributed by atoms with Crippen molar-refractivity contribution in [2.75, 3.05) is 26.2 Å². The molecule has 2 saturated heterocycles. The number of hydrogen-bond donors (Lipinski definition) is 1. The van der Waals surface area contributed by atoms with Crippen LogP contribution in [-0.4, -0.2) is 58.1 Å². The first kappa shape index (κ1) is 21.4. The number of fused-ring (bicyclic) bond motifs is 1. The van der Waals surface area contributed by atoms with Crippen molar-refractivity contribution in [3.05, 3.63) is 60.2 Å². The summed E-state index contributed by atoms with van der Waals surface area (Å²) in [6.45, 7) is 5.27. The Labute approximate surface area is 185 Å². The predicted molar refractivity (Wildman–Crippen MR) is 111 cm³/mol. The van der Waals surface area contributed by atoms with E-state index in [1.807, 2.05) is 6.07 Å². The van der Waals surface area contributed by atoms with Crippen LogP contribution in [0.4, 0.5) is 17.6 Å². The maximum atomic E-state index is 13.2. The third kappa shape index (κ3) is 3.92. The van der Waals surface area contributed by atoms with Crippen molar-refractivity contribution >= 4 is 16.9 Å². The molecule has 0 bridgehead atoms. The van der Waals surface area contributed by atoms with Crippen molar-refractivity contribution in [3.63, 3.8) is 0 Å². The van der Waals surface area contributed by atoms with Crippen LogP contribution in [0, 0.1) is 0 Å². The molecule has 7 nitrogen and oxygen atoms in total. The number of likely N-dealkylation sites (tertiary alicyclic amines) is 1. The lowest BCUT2D eigenvalue weighted by molar-refractivity contribution is -0.274. The molecule has 1 amide bonds. The molecule has 2 aliphatic rings. The zero-order chi connectivity index (χ0) is 23.3. The number of pyridine rings is 1. The second-order valence-corrected chi connectivity index (χ2v) is 8.10. The number of alkyl halides is 3. The van der Waals surface area contributed by atoms with Crippen molar-refractivity contribution in [2.24, 2.45) is 0 Å². The van der Waals surface area contributed by atoms with Gasteiger partial charge >= 0.3 is 6.36 Å².